The number of methoxy groups -OCH3 is 2. The molecule has 2 aromatic rings. The lowest BCUT2D eigenvalue weighted by atomic mass is 10.3. The van der Waals surface area contributed by atoms with Gasteiger partial charge in [0.05, 0.1) is 20.8 Å². The van der Waals surface area contributed by atoms with Crippen molar-refractivity contribution in [3.63, 3.8) is 0 Å². The minimum atomic E-state index is -0.332. The van der Waals surface area contributed by atoms with E-state index in [0.717, 1.165) is 0 Å². The molecule has 2 N–H and O–H groups in total. The van der Waals surface area contributed by atoms with Crippen molar-refractivity contribution in [3.8, 4) is 17.2 Å². The highest BCUT2D eigenvalue weighted by molar-refractivity contribution is 6.30. The van der Waals surface area contributed by atoms with E-state index < -0.39 is 0 Å². The van der Waals surface area contributed by atoms with Gasteiger partial charge in [0.15, 0.2) is 11.5 Å². The number of amides is 2. The number of hydrogen-bond donors (Lipinski definition) is 2. The summed E-state index contributed by atoms with van der Waals surface area (Å²) in [5.41, 5.74) is 0.601. The van der Waals surface area contributed by atoms with Gasteiger partial charge >= 0.3 is 6.03 Å². The number of urea groups is 1. The molecule has 7 heteroatoms. The van der Waals surface area contributed by atoms with Gasteiger partial charge in [0.2, 0.25) is 0 Å². The van der Waals surface area contributed by atoms with E-state index in [-0.39, 0.29) is 6.03 Å². The lowest BCUT2D eigenvalue weighted by Crippen LogP contribution is -2.32. The summed E-state index contributed by atoms with van der Waals surface area (Å²) in [5, 5.41) is 6.07. The van der Waals surface area contributed by atoms with Gasteiger partial charge in [-0.05, 0) is 36.4 Å². The molecule has 0 radical (unpaired) electrons. The van der Waals surface area contributed by atoms with Crippen LogP contribution in [0.15, 0.2) is 42.5 Å². The van der Waals surface area contributed by atoms with Crippen molar-refractivity contribution in [1.29, 1.82) is 0 Å². The lowest BCUT2D eigenvalue weighted by Gasteiger charge is -2.11. The number of rotatable bonds is 7. The first-order valence-corrected chi connectivity index (χ1v) is 7.65. The Hall–Kier alpha value is -2.60. The quantitative estimate of drug-likeness (QED) is 0.749. The monoisotopic (exact) mass is 350 g/mol. The van der Waals surface area contributed by atoms with Crippen LogP contribution in [0.3, 0.4) is 0 Å². The van der Waals surface area contributed by atoms with Gasteiger partial charge in [-0.1, -0.05) is 11.6 Å². The van der Waals surface area contributed by atoms with Crippen LogP contribution in [-0.2, 0) is 0 Å². The molecule has 0 aliphatic rings. The zero-order valence-electron chi connectivity index (χ0n) is 13.5. The molecule has 0 aromatic heterocycles. The van der Waals surface area contributed by atoms with E-state index in [1.165, 1.54) is 7.11 Å². The predicted octanol–water partition coefficient (Wildman–Crippen LogP) is 3.56. The standard InChI is InChI=1S/C17H19ClN2O4/c1-22-15-8-5-13(11-16(15)23-2)20-17(21)19-9-10-24-14-6-3-12(18)4-7-14/h3-8,11H,9-10H2,1-2H3,(H2,19,20,21). The molecule has 2 rings (SSSR count). The molecule has 0 spiro atoms. The van der Waals surface area contributed by atoms with Crippen LogP contribution >= 0.6 is 11.6 Å². The Bertz CT molecular complexity index is 677. The topological polar surface area (TPSA) is 68.8 Å². The van der Waals surface area contributed by atoms with Crippen molar-refractivity contribution in [2.45, 2.75) is 0 Å². The first-order valence-electron chi connectivity index (χ1n) is 7.27. The summed E-state index contributed by atoms with van der Waals surface area (Å²) in [6.45, 7) is 0.711. The Labute approximate surface area is 145 Å². The van der Waals surface area contributed by atoms with Gasteiger partial charge in [-0.3, -0.25) is 0 Å². The van der Waals surface area contributed by atoms with Crippen molar-refractivity contribution in [3.05, 3.63) is 47.5 Å². The van der Waals surface area contributed by atoms with Crippen LogP contribution in [0.25, 0.3) is 0 Å². The van der Waals surface area contributed by atoms with Crippen LogP contribution in [0.1, 0.15) is 0 Å². The summed E-state index contributed by atoms with van der Waals surface area (Å²) in [6, 6.07) is 11.8. The Morgan fingerprint density at radius 3 is 2.42 bits per heavy atom. The molecule has 24 heavy (non-hydrogen) atoms. The van der Waals surface area contributed by atoms with Crippen molar-refractivity contribution in [2.75, 3.05) is 32.7 Å². The van der Waals surface area contributed by atoms with Crippen molar-refractivity contribution in [2.24, 2.45) is 0 Å². The minimum Gasteiger partial charge on any atom is -0.493 e. The highest BCUT2D eigenvalue weighted by Crippen LogP contribution is 2.29. The molecule has 0 atom stereocenters. The zero-order valence-corrected chi connectivity index (χ0v) is 14.2. The number of carbonyl (C=O) groups excluding carboxylic acids is 1. The third-order valence-electron chi connectivity index (χ3n) is 3.11. The Morgan fingerprint density at radius 1 is 1.04 bits per heavy atom. The van der Waals surface area contributed by atoms with Crippen LogP contribution in [0.4, 0.5) is 10.5 Å². The SMILES string of the molecule is COc1ccc(NC(=O)NCCOc2ccc(Cl)cc2)cc1OC. The molecular formula is C17H19ClN2O4. The van der Waals surface area contributed by atoms with Crippen molar-refractivity contribution >= 4 is 23.3 Å². The summed E-state index contributed by atoms with van der Waals surface area (Å²) < 4.78 is 15.8. The molecule has 0 bridgehead atoms. The van der Waals surface area contributed by atoms with Gasteiger partial charge in [0, 0.05) is 16.8 Å². The molecule has 0 fully saturated rings. The van der Waals surface area contributed by atoms with Gasteiger partial charge < -0.3 is 24.8 Å². The van der Waals surface area contributed by atoms with Crippen LogP contribution in [0.2, 0.25) is 5.02 Å². The number of halogens is 1. The summed E-state index contributed by atoms with van der Waals surface area (Å²) in [5.74, 6) is 1.84. The number of hydrogen-bond acceptors (Lipinski definition) is 4. The van der Waals surface area contributed by atoms with Crippen LogP contribution < -0.4 is 24.8 Å². The van der Waals surface area contributed by atoms with E-state index in [4.69, 9.17) is 25.8 Å². The van der Waals surface area contributed by atoms with Crippen molar-refractivity contribution < 1.29 is 19.0 Å². The molecule has 2 amide bonds. The van der Waals surface area contributed by atoms with Crippen LogP contribution in [0, 0.1) is 0 Å². The number of nitrogens with one attached hydrogen (secondary N) is 2. The maximum atomic E-state index is 11.9. The summed E-state index contributed by atoms with van der Waals surface area (Å²) in [4.78, 5) is 11.9. The van der Waals surface area contributed by atoms with Gasteiger partial charge in [0.25, 0.3) is 0 Å². The fourth-order valence-electron chi connectivity index (χ4n) is 1.95. The second kappa shape index (κ2) is 8.88. The second-order valence-corrected chi connectivity index (χ2v) is 5.19. The lowest BCUT2D eigenvalue weighted by molar-refractivity contribution is 0.247. The molecule has 0 saturated heterocycles. The number of anilines is 1. The van der Waals surface area contributed by atoms with E-state index in [2.05, 4.69) is 10.6 Å². The molecule has 0 saturated carbocycles. The predicted molar refractivity (Wildman–Crippen MR) is 93.5 cm³/mol. The Balaban J connectivity index is 1.76. The fourth-order valence-corrected chi connectivity index (χ4v) is 2.08. The first-order chi connectivity index (χ1) is 11.6. The van der Waals surface area contributed by atoms with E-state index in [1.54, 1.807) is 49.6 Å². The average molecular weight is 351 g/mol. The number of carbonyl (C=O) groups is 1. The zero-order chi connectivity index (χ0) is 17.4. The highest BCUT2D eigenvalue weighted by Gasteiger charge is 2.07. The normalized spacial score (nSPS) is 9.96. The van der Waals surface area contributed by atoms with E-state index >= 15 is 0 Å². The Morgan fingerprint density at radius 2 is 1.75 bits per heavy atom. The van der Waals surface area contributed by atoms with Crippen LogP contribution in [0.5, 0.6) is 17.2 Å². The van der Waals surface area contributed by atoms with Gasteiger partial charge in [0.1, 0.15) is 12.4 Å². The number of ether oxygens (including phenoxy) is 3. The fraction of sp³-hybridized carbons (Fsp3) is 0.235. The van der Waals surface area contributed by atoms with Crippen LogP contribution in [-0.4, -0.2) is 33.4 Å². The van der Waals surface area contributed by atoms with Gasteiger partial charge in [-0.2, -0.15) is 0 Å². The molecule has 0 unspecified atom stereocenters. The second-order valence-electron chi connectivity index (χ2n) is 4.75. The number of benzene rings is 2. The maximum Gasteiger partial charge on any atom is 0.319 e. The highest BCUT2D eigenvalue weighted by atomic mass is 35.5. The van der Waals surface area contributed by atoms with Gasteiger partial charge in [-0.25, -0.2) is 4.79 Å². The summed E-state index contributed by atoms with van der Waals surface area (Å²) >= 11 is 5.79. The van der Waals surface area contributed by atoms with E-state index in [9.17, 15) is 4.79 Å². The first kappa shape index (κ1) is 17.7. The molecule has 2 aromatic carbocycles. The summed E-state index contributed by atoms with van der Waals surface area (Å²) in [7, 11) is 3.09. The van der Waals surface area contributed by atoms with Gasteiger partial charge in [-0.15, -0.1) is 0 Å². The molecule has 0 heterocycles. The maximum absolute atomic E-state index is 11.9. The average Bonchev–Trinajstić information content (AvgIpc) is 2.60. The third-order valence-corrected chi connectivity index (χ3v) is 3.36. The van der Waals surface area contributed by atoms with Crippen molar-refractivity contribution in [1.82, 2.24) is 5.32 Å². The molecule has 128 valence electrons. The molecular weight excluding hydrogens is 332 g/mol. The largest absolute Gasteiger partial charge is 0.493 e. The Kier molecular flexibility index (Phi) is 6.57. The molecule has 6 nitrogen and oxygen atoms in total. The molecule has 0 aliphatic carbocycles. The minimum absolute atomic E-state index is 0.332. The van der Waals surface area contributed by atoms with E-state index in [0.29, 0.717) is 41.1 Å². The van der Waals surface area contributed by atoms with E-state index in [1.807, 2.05) is 0 Å². The summed E-state index contributed by atoms with van der Waals surface area (Å²) in [6.07, 6.45) is 0. The molecule has 0 aliphatic heterocycles. The third kappa shape index (κ3) is 5.24. The smallest absolute Gasteiger partial charge is 0.319 e.